The van der Waals surface area contributed by atoms with Gasteiger partial charge in [-0.05, 0) is 41.7 Å². The number of aliphatic hydroxyl groups is 1. The van der Waals surface area contributed by atoms with Gasteiger partial charge >= 0.3 is 0 Å². The van der Waals surface area contributed by atoms with Gasteiger partial charge in [0, 0.05) is 12.3 Å². The number of rotatable bonds is 18. The van der Waals surface area contributed by atoms with Crippen LogP contribution < -0.4 is 0 Å². The van der Waals surface area contributed by atoms with E-state index in [4.69, 9.17) is 37.9 Å². The average Bonchev–Trinajstić information content (AvgIpc) is 3.73. The van der Waals surface area contributed by atoms with Crippen LogP contribution in [0.25, 0.3) is 0 Å². The van der Waals surface area contributed by atoms with E-state index in [0.717, 1.165) is 27.8 Å². The second-order valence-corrected chi connectivity index (χ2v) is 16.2. The minimum atomic E-state index is -1.05. The van der Waals surface area contributed by atoms with E-state index in [-0.39, 0.29) is 6.61 Å². The van der Waals surface area contributed by atoms with Crippen LogP contribution in [0.15, 0.2) is 152 Å². The molecular weight excluding hydrogens is 745 g/mol. The molecule has 9 heteroatoms. The fourth-order valence-electron chi connectivity index (χ4n) is 8.63. The number of ether oxygens (including phenoxy) is 8. The Balaban J connectivity index is 1.09. The molecule has 2 saturated heterocycles. The fourth-order valence-corrected chi connectivity index (χ4v) is 8.63. The van der Waals surface area contributed by atoms with Gasteiger partial charge in [-0.2, -0.15) is 0 Å². The van der Waals surface area contributed by atoms with Crippen molar-refractivity contribution in [1.29, 1.82) is 0 Å². The molecule has 3 fully saturated rings. The van der Waals surface area contributed by atoms with Gasteiger partial charge in [-0.1, -0.05) is 152 Å². The maximum absolute atomic E-state index is 12.8. The molecule has 10 atom stereocenters. The van der Waals surface area contributed by atoms with Crippen molar-refractivity contribution in [2.24, 2.45) is 5.92 Å². The van der Waals surface area contributed by atoms with Crippen molar-refractivity contribution in [3.05, 3.63) is 179 Å². The lowest BCUT2D eigenvalue weighted by Crippen LogP contribution is -2.57. The Morgan fingerprint density at radius 1 is 0.525 bits per heavy atom. The molecule has 5 aromatic rings. The topological polar surface area (TPSA) is 94.1 Å². The molecule has 8 rings (SSSR count). The van der Waals surface area contributed by atoms with Crippen molar-refractivity contribution in [2.75, 3.05) is 6.61 Å². The molecule has 310 valence electrons. The van der Waals surface area contributed by atoms with Crippen LogP contribution in [0.2, 0.25) is 0 Å². The predicted molar refractivity (Wildman–Crippen MR) is 223 cm³/mol. The third-order valence-electron chi connectivity index (χ3n) is 11.4. The summed E-state index contributed by atoms with van der Waals surface area (Å²) in [6, 6.07) is 50.4. The molecule has 1 unspecified atom stereocenters. The van der Waals surface area contributed by atoms with Crippen molar-refractivity contribution in [3.63, 3.8) is 0 Å². The van der Waals surface area contributed by atoms with Crippen molar-refractivity contribution in [2.45, 2.75) is 114 Å². The molecule has 0 bridgehead atoms. The number of benzene rings is 5. The Labute approximate surface area is 348 Å². The van der Waals surface area contributed by atoms with Crippen LogP contribution in [0, 0.1) is 5.92 Å². The molecule has 9 nitrogen and oxygen atoms in total. The zero-order valence-corrected chi connectivity index (χ0v) is 33.9. The number of aliphatic hydroxyl groups excluding tert-OH is 1. The molecular formula is C50H56O9. The Morgan fingerprint density at radius 2 is 0.932 bits per heavy atom. The van der Waals surface area contributed by atoms with Crippen LogP contribution in [0.3, 0.4) is 0 Å². The van der Waals surface area contributed by atoms with E-state index in [9.17, 15) is 5.11 Å². The summed E-state index contributed by atoms with van der Waals surface area (Å²) in [6.45, 7) is 5.84. The first-order valence-electron chi connectivity index (χ1n) is 20.8. The van der Waals surface area contributed by atoms with Crippen LogP contribution in [0.1, 0.15) is 48.1 Å². The summed E-state index contributed by atoms with van der Waals surface area (Å²) in [6.07, 6.45) is -5.04. The normalized spacial score (nSPS) is 27.9. The van der Waals surface area contributed by atoms with Gasteiger partial charge in [-0.25, -0.2) is 0 Å². The Kier molecular flexibility index (Phi) is 14.0. The van der Waals surface area contributed by atoms with Gasteiger partial charge in [0.1, 0.15) is 24.4 Å². The Hall–Kier alpha value is -4.26. The van der Waals surface area contributed by atoms with Crippen molar-refractivity contribution < 1.29 is 43.0 Å². The minimum absolute atomic E-state index is 0.225. The third kappa shape index (κ3) is 10.7. The molecule has 1 aliphatic carbocycles. The molecule has 59 heavy (non-hydrogen) atoms. The largest absolute Gasteiger partial charge is 0.390 e. The second kappa shape index (κ2) is 19.9. The highest BCUT2D eigenvalue weighted by atomic mass is 16.8. The van der Waals surface area contributed by atoms with Crippen molar-refractivity contribution in [3.8, 4) is 0 Å². The quantitative estimate of drug-likeness (QED) is 0.0942. The first-order chi connectivity index (χ1) is 28.9. The van der Waals surface area contributed by atoms with Gasteiger partial charge in [0.2, 0.25) is 0 Å². The lowest BCUT2D eigenvalue weighted by Gasteiger charge is -2.45. The predicted octanol–water partition coefficient (Wildman–Crippen LogP) is 8.21. The molecule has 0 spiro atoms. The van der Waals surface area contributed by atoms with E-state index in [1.54, 1.807) is 0 Å². The number of hydrogen-bond donors (Lipinski definition) is 1. The molecule has 0 aromatic heterocycles. The summed E-state index contributed by atoms with van der Waals surface area (Å²) in [5, 5.41) is 12.8. The summed E-state index contributed by atoms with van der Waals surface area (Å²) in [7, 11) is 0. The van der Waals surface area contributed by atoms with Crippen LogP contribution >= 0.6 is 0 Å². The highest BCUT2D eigenvalue weighted by Crippen LogP contribution is 2.48. The van der Waals surface area contributed by atoms with Crippen LogP contribution in [0.4, 0.5) is 0 Å². The standard InChI is InChI=1S/C50H56O9/c1-50(2)58-47-43(46(55-32-38-24-14-6-15-25-38)48(49(47)59-50)56-33-39-26-16-7-17-27-39)44(51)40-28-41(53-30-36-20-10-4-11-21-36)45(54-31-37-22-12-5-13-23-37)42(57-40)34-52-29-35-18-8-3-9-19-35/h3-27,40-49,51H,28-34H2,1-2H3/t40-,41+,42+,43+,44?,45-,46+,47+,48+,49+/m0/s1. The summed E-state index contributed by atoms with van der Waals surface area (Å²) in [4.78, 5) is 0. The Bertz CT molecular complexity index is 1970. The minimum Gasteiger partial charge on any atom is -0.390 e. The van der Waals surface area contributed by atoms with Gasteiger partial charge in [0.25, 0.3) is 0 Å². The lowest BCUT2D eigenvalue weighted by molar-refractivity contribution is -0.252. The molecule has 1 N–H and O–H groups in total. The van der Waals surface area contributed by atoms with Crippen LogP contribution in [0.5, 0.6) is 0 Å². The number of fused-ring (bicyclic) bond motifs is 1. The van der Waals surface area contributed by atoms with E-state index in [1.807, 2.05) is 166 Å². The summed E-state index contributed by atoms with van der Waals surface area (Å²) < 4.78 is 53.7. The third-order valence-corrected chi connectivity index (χ3v) is 11.4. The maximum atomic E-state index is 12.8. The van der Waals surface area contributed by atoms with Gasteiger partial charge in [-0.15, -0.1) is 0 Å². The molecule has 2 aliphatic heterocycles. The molecule has 0 radical (unpaired) electrons. The second-order valence-electron chi connectivity index (χ2n) is 16.2. The summed E-state index contributed by atoms with van der Waals surface area (Å²) in [5.74, 6) is -1.47. The maximum Gasteiger partial charge on any atom is 0.163 e. The van der Waals surface area contributed by atoms with Crippen molar-refractivity contribution in [1.82, 2.24) is 0 Å². The molecule has 3 aliphatic rings. The first-order valence-corrected chi connectivity index (χ1v) is 20.8. The van der Waals surface area contributed by atoms with Gasteiger partial charge in [-0.3, -0.25) is 0 Å². The molecule has 0 amide bonds. The fraction of sp³-hybridized carbons (Fsp3) is 0.400. The summed E-state index contributed by atoms with van der Waals surface area (Å²) in [5.41, 5.74) is 5.18. The Morgan fingerprint density at radius 3 is 1.42 bits per heavy atom. The average molecular weight is 801 g/mol. The smallest absolute Gasteiger partial charge is 0.163 e. The van der Waals surface area contributed by atoms with Crippen LogP contribution in [-0.4, -0.2) is 72.4 Å². The zero-order valence-electron chi connectivity index (χ0n) is 33.9. The van der Waals surface area contributed by atoms with E-state index >= 15 is 0 Å². The highest BCUT2D eigenvalue weighted by Gasteiger charge is 2.63. The molecule has 5 aromatic carbocycles. The highest BCUT2D eigenvalue weighted by molar-refractivity contribution is 5.18. The number of hydrogen-bond acceptors (Lipinski definition) is 9. The van der Waals surface area contributed by atoms with E-state index < -0.39 is 66.6 Å². The zero-order chi connectivity index (χ0) is 40.4. The van der Waals surface area contributed by atoms with Crippen molar-refractivity contribution >= 4 is 0 Å². The van der Waals surface area contributed by atoms with E-state index in [0.29, 0.717) is 39.5 Å². The van der Waals surface area contributed by atoms with Gasteiger partial charge in [0.15, 0.2) is 5.79 Å². The lowest BCUT2D eigenvalue weighted by atomic mass is 9.86. The monoisotopic (exact) mass is 800 g/mol. The van der Waals surface area contributed by atoms with Gasteiger partial charge in [0.05, 0.1) is 70.2 Å². The molecule has 1 saturated carbocycles. The molecule has 2 heterocycles. The van der Waals surface area contributed by atoms with Crippen LogP contribution in [-0.2, 0) is 70.9 Å². The first kappa shape index (κ1) is 41.5. The van der Waals surface area contributed by atoms with E-state index in [1.165, 1.54) is 0 Å². The van der Waals surface area contributed by atoms with E-state index in [2.05, 4.69) is 0 Å². The SMILES string of the molecule is CC1(C)O[C@H]2[C@H](OCc3ccccc3)[C@H](OCc3ccccc3)[C@@H](C(O)[C@@H]3C[C@@H](OCc4ccccc4)[C@H](OCc4ccccc4)[C@@H](COCc4ccccc4)O3)[C@H]2O1. The van der Waals surface area contributed by atoms with Gasteiger partial charge < -0.3 is 43.0 Å². The summed E-state index contributed by atoms with van der Waals surface area (Å²) >= 11 is 0.